The molecule has 0 N–H and O–H groups in total. The van der Waals surface area contributed by atoms with Crippen LogP contribution in [0.1, 0.15) is 0 Å². The first kappa shape index (κ1) is 36.5. The van der Waals surface area contributed by atoms with Crippen LogP contribution in [0.25, 0.3) is 103 Å². The summed E-state index contributed by atoms with van der Waals surface area (Å²) in [6.07, 6.45) is 0. The van der Waals surface area contributed by atoms with E-state index in [9.17, 15) is 0 Å². The molecule has 0 radical (unpaired) electrons. The third-order valence-corrected chi connectivity index (χ3v) is 14.0. The molecule has 0 saturated heterocycles. The zero-order chi connectivity index (χ0) is 42.1. The van der Waals surface area contributed by atoms with E-state index in [1.165, 1.54) is 64.2 Å². The first-order chi connectivity index (χ1) is 31.8. The highest BCUT2D eigenvalue weighted by Gasteiger charge is 2.24. The minimum Gasteiger partial charge on any atom is -0.455 e. The molecule has 0 bridgehead atoms. The number of anilines is 3. The molecule has 300 valence electrons. The molecule has 13 aromatic rings. The smallest absolute Gasteiger partial charge is 0.143 e. The van der Waals surface area contributed by atoms with Gasteiger partial charge in [0.1, 0.15) is 11.2 Å². The summed E-state index contributed by atoms with van der Waals surface area (Å²) in [6.45, 7) is 0. The van der Waals surface area contributed by atoms with E-state index >= 15 is 0 Å². The molecule has 3 nitrogen and oxygen atoms in total. The quantitative estimate of drug-likeness (QED) is 0.159. The van der Waals surface area contributed by atoms with Crippen LogP contribution in [-0.4, -0.2) is 4.57 Å². The second-order valence-electron chi connectivity index (χ2n) is 16.4. The summed E-state index contributed by atoms with van der Waals surface area (Å²) in [6, 6.07) is 83.5. The van der Waals surface area contributed by atoms with Crippen LogP contribution in [0, 0.1) is 0 Å². The molecular weight excluding hydrogens is 797 g/mol. The van der Waals surface area contributed by atoms with Gasteiger partial charge in [0, 0.05) is 75.3 Å². The average Bonchev–Trinajstić information content (AvgIpc) is 4.05. The first-order valence-electron chi connectivity index (χ1n) is 21.8. The van der Waals surface area contributed by atoms with Gasteiger partial charge in [-0.3, -0.25) is 0 Å². The lowest BCUT2D eigenvalue weighted by Gasteiger charge is -2.29. The summed E-state index contributed by atoms with van der Waals surface area (Å²) in [4.78, 5) is 2.45. The molecule has 3 heterocycles. The van der Waals surface area contributed by atoms with Crippen LogP contribution in [0.15, 0.2) is 235 Å². The maximum absolute atomic E-state index is 6.71. The Labute approximate surface area is 373 Å². The molecule has 13 rings (SSSR count). The Morgan fingerprint density at radius 2 is 0.969 bits per heavy atom. The lowest BCUT2D eigenvalue weighted by molar-refractivity contribution is 0.670. The summed E-state index contributed by atoms with van der Waals surface area (Å²) in [5, 5.41) is 7.19. The molecule has 0 aliphatic carbocycles. The number of hydrogen-bond acceptors (Lipinski definition) is 3. The molecule has 64 heavy (non-hydrogen) atoms. The Morgan fingerprint density at radius 1 is 0.375 bits per heavy atom. The SMILES string of the molecule is c1ccc(-c2ccc(N(c3cc(-c4ccccc4-n4c5ccccc5c5ccccc54)c4sc5ccccc5c4c3)c3ccccc3-c3cccc4c3oc3ccccc34)cc2)cc1. The highest BCUT2D eigenvalue weighted by atomic mass is 32.1. The van der Waals surface area contributed by atoms with Crippen molar-refractivity contribution in [3.63, 3.8) is 0 Å². The third-order valence-electron chi connectivity index (χ3n) is 12.8. The van der Waals surface area contributed by atoms with Gasteiger partial charge in [-0.05, 0) is 71.8 Å². The molecule has 0 amide bonds. The Morgan fingerprint density at radius 3 is 1.77 bits per heavy atom. The molecule has 0 aliphatic rings. The van der Waals surface area contributed by atoms with Crippen LogP contribution in [0.3, 0.4) is 0 Å². The predicted molar refractivity (Wildman–Crippen MR) is 272 cm³/mol. The van der Waals surface area contributed by atoms with Gasteiger partial charge in [0.25, 0.3) is 0 Å². The van der Waals surface area contributed by atoms with Crippen LogP contribution in [0.2, 0.25) is 0 Å². The Kier molecular flexibility index (Phi) is 8.40. The highest BCUT2D eigenvalue weighted by Crippen LogP contribution is 2.50. The van der Waals surface area contributed by atoms with E-state index in [-0.39, 0.29) is 0 Å². The molecule has 0 aliphatic heterocycles. The van der Waals surface area contributed by atoms with Gasteiger partial charge in [-0.2, -0.15) is 0 Å². The van der Waals surface area contributed by atoms with Crippen molar-refractivity contribution >= 4 is 92.3 Å². The van der Waals surface area contributed by atoms with Gasteiger partial charge >= 0.3 is 0 Å². The fourth-order valence-corrected chi connectivity index (χ4v) is 11.1. The van der Waals surface area contributed by atoms with Gasteiger partial charge in [0.2, 0.25) is 0 Å². The molecule has 0 spiro atoms. The normalized spacial score (nSPS) is 11.8. The summed E-state index contributed by atoms with van der Waals surface area (Å²) < 4.78 is 11.7. The molecule has 4 heteroatoms. The molecule has 3 aromatic heterocycles. The van der Waals surface area contributed by atoms with E-state index in [2.05, 4.69) is 234 Å². The zero-order valence-corrected chi connectivity index (χ0v) is 35.5. The number of furan rings is 1. The Bertz CT molecular complexity index is 3860. The van der Waals surface area contributed by atoms with Crippen molar-refractivity contribution in [2.75, 3.05) is 4.90 Å². The number of hydrogen-bond donors (Lipinski definition) is 0. The second kappa shape index (κ2) is 14.7. The minimum atomic E-state index is 0.885. The summed E-state index contributed by atoms with van der Waals surface area (Å²) >= 11 is 1.87. The van der Waals surface area contributed by atoms with Crippen molar-refractivity contribution < 1.29 is 4.42 Å². The topological polar surface area (TPSA) is 21.3 Å². The molecule has 0 saturated carbocycles. The number of benzene rings is 10. The van der Waals surface area contributed by atoms with E-state index < -0.39 is 0 Å². The van der Waals surface area contributed by atoms with Crippen LogP contribution < -0.4 is 4.90 Å². The average molecular weight is 835 g/mol. The maximum Gasteiger partial charge on any atom is 0.143 e. The van der Waals surface area contributed by atoms with Crippen LogP contribution in [-0.2, 0) is 0 Å². The second-order valence-corrected chi connectivity index (χ2v) is 17.5. The number of aromatic nitrogens is 1. The van der Waals surface area contributed by atoms with E-state index in [4.69, 9.17) is 4.42 Å². The molecule has 10 aromatic carbocycles. The number of rotatable bonds is 7. The predicted octanol–water partition coefficient (Wildman–Crippen LogP) is 17.5. The molecule has 0 atom stereocenters. The number of thiophene rings is 1. The first-order valence-corrected chi connectivity index (χ1v) is 22.6. The van der Waals surface area contributed by atoms with E-state index in [1.807, 2.05) is 17.4 Å². The maximum atomic E-state index is 6.71. The summed E-state index contributed by atoms with van der Waals surface area (Å²) in [5.41, 5.74) is 15.3. The van der Waals surface area contributed by atoms with Crippen LogP contribution >= 0.6 is 11.3 Å². The lowest BCUT2D eigenvalue weighted by atomic mass is 9.97. The van der Waals surface area contributed by atoms with Crippen molar-refractivity contribution in [1.82, 2.24) is 4.57 Å². The zero-order valence-electron chi connectivity index (χ0n) is 34.7. The van der Waals surface area contributed by atoms with Gasteiger partial charge in [0.05, 0.1) is 22.4 Å². The van der Waals surface area contributed by atoms with Gasteiger partial charge in [0.15, 0.2) is 0 Å². The van der Waals surface area contributed by atoms with Crippen LogP contribution in [0.4, 0.5) is 17.1 Å². The monoisotopic (exact) mass is 834 g/mol. The molecular formula is C60H38N2OS. The van der Waals surface area contributed by atoms with Gasteiger partial charge in [-0.15, -0.1) is 11.3 Å². The molecule has 0 fully saturated rings. The largest absolute Gasteiger partial charge is 0.455 e. The van der Waals surface area contributed by atoms with Crippen molar-refractivity contribution in [1.29, 1.82) is 0 Å². The minimum absolute atomic E-state index is 0.885. The molecule has 0 unspecified atom stereocenters. The van der Waals surface area contributed by atoms with E-state index in [1.54, 1.807) is 0 Å². The van der Waals surface area contributed by atoms with Gasteiger partial charge in [-0.25, -0.2) is 0 Å². The third kappa shape index (κ3) is 5.73. The van der Waals surface area contributed by atoms with Crippen LogP contribution in [0.5, 0.6) is 0 Å². The number of para-hydroxylation sites is 6. The number of nitrogens with zero attached hydrogens (tertiary/aromatic N) is 2. The van der Waals surface area contributed by atoms with Crippen molar-refractivity contribution in [2.24, 2.45) is 0 Å². The van der Waals surface area contributed by atoms with Crippen molar-refractivity contribution in [3.05, 3.63) is 231 Å². The summed E-state index contributed by atoms with van der Waals surface area (Å²) in [5.74, 6) is 0. The lowest BCUT2D eigenvalue weighted by Crippen LogP contribution is -2.11. The number of fused-ring (bicyclic) bond motifs is 9. The fraction of sp³-hybridized carbons (Fsp3) is 0. The van der Waals surface area contributed by atoms with E-state index in [0.717, 1.165) is 55.8 Å². The Hall–Kier alpha value is -8.18. The van der Waals surface area contributed by atoms with Gasteiger partial charge < -0.3 is 13.9 Å². The van der Waals surface area contributed by atoms with E-state index in [0.29, 0.717) is 0 Å². The standard InChI is InChI=1S/C60H38N2OS/c1-2-17-39(18-3-1)40-33-35-41(36-34-40)61(53-27-10-6-21-45(53)49-25-16-26-50-47-23-8-14-31-57(47)63-59(49)50)42-37-51(60-52(38-42)48-24-9-15-32-58(48)64-60)46-22-7-13-30-56(46)62-54-28-11-4-19-43(54)44-20-5-12-29-55(44)62/h1-38H. The fourth-order valence-electron chi connectivity index (χ4n) is 9.94. The summed E-state index contributed by atoms with van der Waals surface area (Å²) in [7, 11) is 0. The van der Waals surface area contributed by atoms with Crippen molar-refractivity contribution in [3.8, 4) is 39.1 Å². The van der Waals surface area contributed by atoms with Gasteiger partial charge in [-0.1, -0.05) is 170 Å². The Balaban J connectivity index is 1.10. The van der Waals surface area contributed by atoms with Crippen molar-refractivity contribution in [2.45, 2.75) is 0 Å². The highest BCUT2D eigenvalue weighted by molar-refractivity contribution is 7.26.